The molecule has 8 heavy (non-hydrogen) atoms. The fraction of sp³-hybridized carbons (Fsp3) is 0.500. The molecule has 0 aliphatic carbocycles. The van der Waals surface area contributed by atoms with E-state index < -0.39 is 0 Å². The zero-order valence-electron chi connectivity index (χ0n) is 4.32. The molecule has 1 heterocycles. The summed E-state index contributed by atoms with van der Waals surface area (Å²) in [5.41, 5.74) is 5.41. The van der Waals surface area contributed by atoms with Gasteiger partial charge in [0.1, 0.15) is 6.29 Å². The summed E-state index contributed by atoms with van der Waals surface area (Å²) in [6.45, 7) is 0.814. The van der Waals surface area contributed by atoms with Crippen molar-refractivity contribution in [2.24, 2.45) is 5.73 Å². The molecule has 0 aromatic carbocycles. The number of nitrogens with two attached hydrogens (primary N) is 1. The van der Waals surface area contributed by atoms with E-state index in [-0.39, 0.29) is 6.29 Å². The number of nitrogens with one attached hydrogen (secondary N) is 2. The van der Waals surface area contributed by atoms with Gasteiger partial charge in [0, 0.05) is 17.2 Å². The second kappa shape index (κ2) is 2.48. The van der Waals surface area contributed by atoms with E-state index in [1.807, 2.05) is 6.20 Å². The average Bonchev–Trinajstić information content (AvgIpc) is 1.77. The Morgan fingerprint density at radius 1 is 1.88 bits per heavy atom. The van der Waals surface area contributed by atoms with Crippen LogP contribution in [0.3, 0.4) is 0 Å². The van der Waals surface area contributed by atoms with E-state index in [0.29, 0.717) is 0 Å². The van der Waals surface area contributed by atoms with Crippen molar-refractivity contribution in [3.8, 4) is 0 Å². The molecule has 1 unspecified atom stereocenters. The summed E-state index contributed by atoms with van der Waals surface area (Å²) in [4.78, 5) is 0. The predicted molar refractivity (Wildman–Crippen MR) is 36.1 cm³/mol. The lowest BCUT2D eigenvalue weighted by molar-refractivity contribution is 0.491. The summed E-state index contributed by atoms with van der Waals surface area (Å²) in [6.07, 6.45) is 1.76. The van der Waals surface area contributed by atoms with Crippen molar-refractivity contribution >= 4 is 15.9 Å². The minimum absolute atomic E-state index is 0.0868. The molecule has 0 aromatic heterocycles. The molecule has 4 N–H and O–H groups in total. The maximum absolute atomic E-state index is 5.41. The molecule has 1 rings (SSSR count). The third-order valence-corrected chi connectivity index (χ3v) is 1.42. The number of hydrogen-bond donors (Lipinski definition) is 3. The Hall–Kier alpha value is -0.0600. The number of halogens is 1. The highest BCUT2D eigenvalue weighted by molar-refractivity contribution is 9.11. The quantitative estimate of drug-likeness (QED) is 0.475. The summed E-state index contributed by atoms with van der Waals surface area (Å²) in [5, 5.41) is 5.87. The third-order valence-electron chi connectivity index (χ3n) is 0.910. The van der Waals surface area contributed by atoms with Crippen molar-refractivity contribution < 1.29 is 0 Å². The minimum atomic E-state index is -0.0868. The highest BCUT2D eigenvalue weighted by atomic mass is 79.9. The zero-order valence-corrected chi connectivity index (χ0v) is 5.90. The van der Waals surface area contributed by atoms with Gasteiger partial charge in [-0.1, -0.05) is 15.9 Å². The molecule has 4 heteroatoms. The summed E-state index contributed by atoms with van der Waals surface area (Å²) in [7, 11) is 0. The van der Waals surface area contributed by atoms with Crippen LogP contribution < -0.4 is 16.4 Å². The fourth-order valence-corrected chi connectivity index (χ4v) is 0.792. The monoisotopic (exact) mass is 177 g/mol. The lowest BCUT2D eigenvalue weighted by Crippen LogP contribution is -2.50. The first-order chi connectivity index (χ1) is 3.79. The van der Waals surface area contributed by atoms with Crippen molar-refractivity contribution in [2.75, 3.05) is 6.54 Å². The van der Waals surface area contributed by atoms with Gasteiger partial charge in [0.05, 0.1) is 0 Å². The van der Waals surface area contributed by atoms with Gasteiger partial charge in [-0.15, -0.1) is 0 Å². The van der Waals surface area contributed by atoms with Gasteiger partial charge >= 0.3 is 0 Å². The van der Waals surface area contributed by atoms with Crippen LogP contribution in [0.15, 0.2) is 10.7 Å². The molecule has 46 valence electrons. The normalized spacial score (nSPS) is 28.8. The predicted octanol–water partition coefficient (Wildman–Crippen LogP) is -0.342. The van der Waals surface area contributed by atoms with Gasteiger partial charge in [-0.25, -0.2) is 0 Å². The van der Waals surface area contributed by atoms with Gasteiger partial charge in [-0.05, 0) is 0 Å². The first-order valence-corrected chi connectivity index (χ1v) is 3.18. The Morgan fingerprint density at radius 2 is 2.62 bits per heavy atom. The topological polar surface area (TPSA) is 50.1 Å². The Labute approximate surface area is 56.4 Å². The molecule has 0 amide bonds. The summed E-state index contributed by atoms with van der Waals surface area (Å²) < 4.78 is 1.10. The van der Waals surface area contributed by atoms with Crippen molar-refractivity contribution in [1.82, 2.24) is 10.6 Å². The van der Waals surface area contributed by atoms with Crippen LogP contribution in [0.5, 0.6) is 0 Å². The van der Waals surface area contributed by atoms with Gasteiger partial charge < -0.3 is 5.32 Å². The van der Waals surface area contributed by atoms with Crippen LogP contribution in [0.25, 0.3) is 0 Å². The summed E-state index contributed by atoms with van der Waals surface area (Å²) in [6, 6.07) is 0. The standard InChI is InChI=1S/C4H8BrN3/c5-3-1-7-4(6)8-2-3/h1,4,7-8H,2,6H2. The third kappa shape index (κ3) is 1.47. The van der Waals surface area contributed by atoms with Crippen LogP contribution in [0.2, 0.25) is 0 Å². The van der Waals surface area contributed by atoms with E-state index in [1.54, 1.807) is 0 Å². The molecule has 0 bridgehead atoms. The zero-order chi connectivity index (χ0) is 5.98. The number of rotatable bonds is 0. The fourth-order valence-electron chi connectivity index (χ4n) is 0.498. The Balaban J connectivity index is 2.42. The average molecular weight is 178 g/mol. The molecule has 0 aromatic rings. The molecular formula is C4H8BrN3. The van der Waals surface area contributed by atoms with E-state index >= 15 is 0 Å². The van der Waals surface area contributed by atoms with Crippen molar-refractivity contribution in [3.05, 3.63) is 10.7 Å². The van der Waals surface area contributed by atoms with Gasteiger partial charge in [0.2, 0.25) is 0 Å². The molecule has 0 radical (unpaired) electrons. The Kier molecular flexibility index (Phi) is 1.88. The van der Waals surface area contributed by atoms with Gasteiger partial charge in [-0.3, -0.25) is 11.1 Å². The van der Waals surface area contributed by atoms with Crippen LogP contribution in [-0.2, 0) is 0 Å². The second-order valence-electron chi connectivity index (χ2n) is 1.62. The highest BCUT2D eigenvalue weighted by Gasteiger charge is 2.03. The summed E-state index contributed by atoms with van der Waals surface area (Å²) in [5.74, 6) is 0. The van der Waals surface area contributed by atoms with Crippen molar-refractivity contribution in [3.63, 3.8) is 0 Å². The molecule has 0 spiro atoms. The Morgan fingerprint density at radius 3 is 3.00 bits per heavy atom. The molecule has 1 aliphatic rings. The van der Waals surface area contributed by atoms with E-state index in [0.717, 1.165) is 11.0 Å². The van der Waals surface area contributed by atoms with Crippen LogP contribution >= 0.6 is 15.9 Å². The lowest BCUT2D eigenvalue weighted by Gasteiger charge is -2.18. The highest BCUT2D eigenvalue weighted by Crippen LogP contribution is 2.02. The maximum Gasteiger partial charge on any atom is 0.129 e. The second-order valence-corrected chi connectivity index (χ2v) is 2.64. The van der Waals surface area contributed by atoms with E-state index in [2.05, 4.69) is 26.6 Å². The summed E-state index contributed by atoms with van der Waals surface area (Å²) >= 11 is 3.30. The smallest absolute Gasteiger partial charge is 0.129 e. The molecule has 1 aliphatic heterocycles. The molecule has 0 fully saturated rings. The largest absolute Gasteiger partial charge is 0.363 e. The van der Waals surface area contributed by atoms with Crippen molar-refractivity contribution in [2.45, 2.75) is 6.29 Å². The molecule has 3 nitrogen and oxygen atoms in total. The van der Waals surface area contributed by atoms with Crippen molar-refractivity contribution in [1.29, 1.82) is 0 Å². The maximum atomic E-state index is 5.41. The SMILES string of the molecule is NC1NC=C(Br)CN1. The molecule has 0 saturated carbocycles. The van der Waals surface area contributed by atoms with Crippen LogP contribution in [0.4, 0.5) is 0 Å². The van der Waals surface area contributed by atoms with E-state index in [9.17, 15) is 0 Å². The molecule has 0 saturated heterocycles. The van der Waals surface area contributed by atoms with Gasteiger partial charge in [-0.2, -0.15) is 0 Å². The minimum Gasteiger partial charge on any atom is -0.363 e. The van der Waals surface area contributed by atoms with E-state index in [4.69, 9.17) is 5.73 Å². The Bertz CT molecular complexity index is 112. The molecule has 1 atom stereocenters. The lowest BCUT2D eigenvalue weighted by atomic mass is 10.5. The van der Waals surface area contributed by atoms with Gasteiger partial charge in [0.15, 0.2) is 0 Å². The van der Waals surface area contributed by atoms with E-state index in [1.165, 1.54) is 0 Å². The number of hydrogen-bond acceptors (Lipinski definition) is 3. The van der Waals surface area contributed by atoms with Crippen LogP contribution in [0.1, 0.15) is 0 Å². The molecular weight excluding hydrogens is 170 g/mol. The van der Waals surface area contributed by atoms with Crippen LogP contribution in [-0.4, -0.2) is 12.8 Å². The van der Waals surface area contributed by atoms with Gasteiger partial charge in [0.25, 0.3) is 0 Å². The first kappa shape index (κ1) is 6.07. The van der Waals surface area contributed by atoms with Crippen LogP contribution in [0, 0.1) is 0 Å². The first-order valence-electron chi connectivity index (χ1n) is 2.38.